The summed E-state index contributed by atoms with van der Waals surface area (Å²) in [6, 6.07) is 6.84. The Morgan fingerprint density at radius 1 is 1.07 bits per heavy atom. The molecule has 2 aromatic rings. The van der Waals surface area contributed by atoms with E-state index < -0.39 is 5.97 Å². The predicted octanol–water partition coefficient (Wildman–Crippen LogP) is 4.00. The van der Waals surface area contributed by atoms with Gasteiger partial charge in [0.15, 0.2) is 6.61 Å². The standard InChI is InChI=1S/C21H21NO4S/c1-11-7-16(14(4)13(3)12(11)2)18(23)9-26-21(25)15-5-6-19-17(8-15)22-20(24)10-27-19/h5-8H,9-10H2,1-4H3,(H,22,24). The minimum Gasteiger partial charge on any atom is -0.454 e. The molecule has 0 radical (unpaired) electrons. The second-order valence-corrected chi connectivity index (χ2v) is 7.68. The van der Waals surface area contributed by atoms with Crippen molar-refractivity contribution in [3.63, 3.8) is 0 Å². The molecule has 0 atom stereocenters. The number of esters is 1. The van der Waals surface area contributed by atoms with Crippen LogP contribution in [0.4, 0.5) is 5.69 Å². The van der Waals surface area contributed by atoms with E-state index in [0.717, 1.165) is 27.1 Å². The molecule has 3 rings (SSSR count). The summed E-state index contributed by atoms with van der Waals surface area (Å²) in [5, 5.41) is 2.74. The highest BCUT2D eigenvalue weighted by molar-refractivity contribution is 8.00. The fraction of sp³-hybridized carbons (Fsp3) is 0.286. The summed E-state index contributed by atoms with van der Waals surface area (Å²) in [5.74, 6) is -0.558. The lowest BCUT2D eigenvalue weighted by molar-refractivity contribution is -0.113. The zero-order valence-corrected chi connectivity index (χ0v) is 16.6. The molecule has 1 N–H and O–H groups in total. The monoisotopic (exact) mass is 383 g/mol. The molecule has 0 unspecified atom stereocenters. The minimum absolute atomic E-state index is 0.103. The van der Waals surface area contributed by atoms with Crippen LogP contribution in [0.2, 0.25) is 0 Å². The Balaban J connectivity index is 1.72. The van der Waals surface area contributed by atoms with Crippen molar-refractivity contribution < 1.29 is 19.1 Å². The highest BCUT2D eigenvalue weighted by atomic mass is 32.2. The van der Waals surface area contributed by atoms with E-state index in [9.17, 15) is 14.4 Å². The van der Waals surface area contributed by atoms with Gasteiger partial charge in [0, 0.05) is 10.5 Å². The number of hydrogen-bond acceptors (Lipinski definition) is 5. The summed E-state index contributed by atoms with van der Waals surface area (Å²) in [6.07, 6.45) is 0. The van der Waals surface area contributed by atoms with Gasteiger partial charge in [-0.15, -0.1) is 11.8 Å². The fourth-order valence-corrected chi connectivity index (χ4v) is 3.79. The van der Waals surface area contributed by atoms with Crippen LogP contribution in [0, 0.1) is 27.7 Å². The van der Waals surface area contributed by atoms with Crippen molar-refractivity contribution in [1.82, 2.24) is 0 Å². The molecule has 27 heavy (non-hydrogen) atoms. The number of benzene rings is 2. The van der Waals surface area contributed by atoms with Crippen molar-refractivity contribution in [2.24, 2.45) is 0 Å². The Morgan fingerprint density at radius 3 is 2.56 bits per heavy atom. The lowest BCUT2D eigenvalue weighted by atomic mass is 9.93. The fourth-order valence-electron chi connectivity index (χ4n) is 3.00. The highest BCUT2D eigenvalue weighted by Crippen LogP contribution is 2.32. The molecule has 2 aromatic carbocycles. The third kappa shape index (κ3) is 3.90. The molecule has 1 aliphatic rings. The van der Waals surface area contributed by atoms with E-state index in [1.165, 1.54) is 11.8 Å². The van der Waals surface area contributed by atoms with Crippen LogP contribution < -0.4 is 5.32 Å². The number of amides is 1. The van der Waals surface area contributed by atoms with Crippen LogP contribution in [0.15, 0.2) is 29.2 Å². The number of thioether (sulfide) groups is 1. The number of nitrogens with one attached hydrogen (secondary N) is 1. The van der Waals surface area contributed by atoms with E-state index in [4.69, 9.17) is 4.74 Å². The maximum absolute atomic E-state index is 12.6. The number of carbonyl (C=O) groups is 3. The molecule has 0 aliphatic carbocycles. The van der Waals surface area contributed by atoms with Crippen molar-refractivity contribution in [3.05, 3.63) is 57.6 Å². The van der Waals surface area contributed by atoms with Gasteiger partial charge in [-0.2, -0.15) is 0 Å². The Labute approximate surface area is 162 Å². The molecule has 1 amide bonds. The highest BCUT2D eigenvalue weighted by Gasteiger charge is 2.19. The summed E-state index contributed by atoms with van der Waals surface area (Å²) in [4.78, 5) is 37.3. The van der Waals surface area contributed by atoms with Gasteiger partial charge < -0.3 is 10.1 Å². The molecule has 5 nitrogen and oxygen atoms in total. The van der Waals surface area contributed by atoms with Gasteiger partial charge in [-0.1, -0.05) is 0 Å². The zero-order valence-electron chi connectivity index (χ0n) is 15.8. The molecular formula is C21H21NO4S. The summed E-state index contributed by atoms with van der Waals surface area (Å²) >= 11 is 1.42. The van der Waals surface area contributed by atoms with Crippen LogP contribution in [0.5, 0.6) is 0 Å². The number of ether oxygens (including phenoxy) is 1. The number of hydrogen-bond donors (Lipinski definition) is 1. The van der Waals surface area contributed by atoms with Crippen molar-refractivity contribution in [2.75, 3.05) is 17.7 Å². The number of anilines is 1. The van der Waals surface area contributed by atoms with Crippen LogP contribution in [0.1, 0.15) is 43.0 Å². The maximum Gasteiger partial charge on any atom is 0.338 e. The number of aryl methyl sites for hydroxylation is 1. The summed E-state index contributed by atoms with van der Waals surface area (Å²) in [6.45, 7) is 7.56. The Bertz CT molecular complexity index is 965. The Morgan fingerprint density at radius 2 is 1.81 bits per heavy atom. The smallest absolute Gasteiger partial charge is 0.338 e. The largest absolute Gasteiger partial charge is 0.454 e. The SMILES string of the molecule is Cc1cc(C(=O)COC(=O)c2ccc3c(c2)NC(=O)CS3)c(C)c(C)c1C. The van der Waals surface area contributed by atoms with Crippen LogP contribution >= 0.6 is 11.8 Å². The number of fused-ring (bicyclic) bond motifs is 1. The number of ketones is 1. The van der Waals surface area contributed by atoms with Crippen LogP contribution in [-0.4, -0.2) is 30.0 Å². The van der Waals surface area contributed by atoms with Crippen molar-refractivity contribution >= 4 is 35.1 Å². The zero-order chi connectivity index (χ0) is 19.7. The molecule has 1 heterocycles. The van der Waals surface area contributed by atoms with Gasteiger partial charge in [-0.3, -0.25) is 9.59 Å². The van der Waals surface area contributed by atoms with E-state index in [2.05, 4.69) is 5.32 Å². The third-order valence-electron chi connectivity index (χ3n) is 4.96. The van der Waals surface area contributed by atoms with E-state index in [-0.39, 0.29) is 18.3 Å². The van der Waals surface area contributed by atoms with Crippen LogP contribution in [0.25, 0.3) is 0 Å². The van der Waals surface area contributed by atoms with Gasteiger partial charge in [0.2, 0.25) is 11.7 Å². The van der Waals surface area contributed by atoms with E-state index in [1.807, 2.05) is 33.8 Å². The van der Waals surface area contributed by atoms with Crippen molar-refractivity contribution in [3.8, 4) is 0 Å². The van der Waals surface area contributed by atoms with Crippen LogP contribution in [-0.2, 0) is 9.53 Å². The third-order valence-corrected chi connectivity index (χ3v) is 6.04. The first-order valence-electron chi connectivity index (χ1n) is 8.62. The van der Waals surface area contributed by atoms with Gasteiger partial charge in [-0.05, 0) is 74.2 Å². The lowest BCUT2D eigenvalue weighted by Gasteiger charge is -2.17. The first kappa shape index (κ1) is 19.2. The quantitative estimate of drug-likeness (QED) is 0.638. The van der Waals surface area contributed by atoms with Gasteiger partial charge >= 0.3 is 5.97 Å². The topological polar surface area (TPSA) is 72.5 Å². The molecule has 0 fully saturated rings. The molecular weight excluding hydrogens is 362 g/mol. The molecule has 0 spiro atoms. The van der Waals surface area contributed by atoms with Crippen molar-refractivity contribution in [2.45, 2.75) is 32.6 Å². The molecule has 0 saturated heterocycles. The average molecular weight is 383 g/mol. The first-order chi connectivity index (χ1) is 12.8. The molecule has 140 valence electrons. The number of Topliss-reactive ketones (excluding diaryl/α,β-unsaturated/α-hetero) is 1. The second kappa shape index (κ2) is 7.56. The summed E-state index contributed by atoms with van der Waals surface area (Å²) in [5.41, 5.74) is 5.67. The number of rotatable bonds is 4. The summed E-state index contributed by atoms with van der Waals surface area (Å²) in [7, 11) is 0. The molecule has 0 aromatic heterocycles. The van der Waals surface area contributed by atoms with Gasteiger partial charge in [-0.25, -0.2) is 4.79 Å². The molecule has 1 aliphatic heterocycles. The summed E-state index contributed by atoms with van der Waals surface area (Å²) < 4.78 is 5.22. The molecule has 0 bridgehead atoms. The predicted molar refractivity (Wildman–Crippen MR) is 106 cm³/mol. The molecule has 0 saturated carbocycles. The van der Waals surface area contributed by atoms with E-state index in [0.29, 0.717) is 22.6 Å². The second-order valence-electron chi connectivity index (χ2n) is 6.66. The van der Waals surface area contributed by atoms with Crippen molar-refractivity contribution in [1.29, 1.82) is 0 Å². The number of carbonyl (C=O) groups excluding carboxylic acids is 3. The maximum atomic E-state index is 12.6. The molecule has 6 heteroatoms. The lowest BCUT2D eigenvalue weighted by Crippen LogP contribution is -2.20. The van der Waals surface area contributed by atoms with Gasteiger partial charge in [0.25, 0.3) is 0 Å². The van der Waals surface area contributed by atoms with Gasteiger partial charge in [0.1, 0.15) is 0 Å². The Kier molecular flexibility index (Phi) is 5.37. The Hall–Kier alpha value is -2.60. The normalized spacial score (nSPS) is 13.0. The van der Waals surface area contributed by atoms with E-state index >= 15 is 0 Å². The minimum atomic E-state index is -0.589. The average Bonchev–Trinajstić information content (AvgIpc) is 2.66. The van der Waals surface area contributed by atoms with Gasteiger partial charge in [0.05, 0.1) is 17.0 Å². The first-order valence-corrected chi connectivity index (χ1v) is 9.61. The van der Waals surface area contributed by atoms with Crippen LogP contribution in [0.3, 0.4) is 0 Å². The van der Waals surface area contributed by atoms with E-state index in [1.54, 1.807) is 18.2 Å².